The highest BCUT2D eigenvalue weighted by atomic mass is 16.6. The molecule has 0 amide bonds. The maximum atomic E-state index is 12.1. The lowest BCUT2D eigenvalue weighted by molar-refractivity contribution is -0.144. The van der Waals surface area contributed by atoms with Gasteiger partial charge in [0, 0.05) is 32.3 Å². The Hall–Kier alpha value is -2.67. The summed E-state index contributed by atoms with van der Waals surface area (Å²) in [7, 11) is 0. The van der Waals surface area contributed by atoms with Gasteiger partial charge in [-0.25, -0.2) is 4.79 Å². The molecule has 0 aromatic heterocycles. The maximum absolute atomic E-state index is 12.1. The number of hydrogen-bond acceptors (Lipinski definition) is 7. The van der Waals surface area contributed by atoms with Crippen LogP contribution in [0.5, 0.6) is 0 Å². The van der Waals surface area contributed by atoms with Gasteiger partial charge in [0.2, 0.25) is 0 Å². The Kier molecular flexibility index (Phi) is 8.39. The van der Waals surface area contributed by atoms with Crippen molar-refractivity contribution in [3.63, 3.8) is 0 Å². The number of carbonyl (C=O) groups is 3. The van der Waals surface area contributed by atoms with Gasteiger partial charge in [-0.05, 0) is 45.4 Å². The SMILES string of the molecule is C=C1C(=O)O[C@H]2/C=C(\C)C[C@H](OC(C)=O)/C=C(\C)C[C@H](OC(C)=O)/C=C(\C)C[C@H](O)[C@H]12. The molecular weight excluding hydrogens is 400 g/mol. The second kappa shape index (κ2) is 10.6. The highest BCUT2D eigenvalue weighted by Crippen LogP contribution is 2.34. The van der Waals surface area contributed by atoms with E-state index in [2.05, 4.69) is 6.58 Å². The molecule has 0 unspecified atom stereocenters. The van der Waals surface area contributed by atoms with Crippen molar-refractivity contribution >= 4 is 17.9 Å². The minimum atomic E-state index is -0.897. The van der Waals surface area contributed by atoms with E-state index in [1.807, 2.05) is 26.8 Å². The average molecular weight is 433 g/mol. The zero-order chi connectivity index (χ0) is 23.3. The third-order valence-electron chi connectivity index (χ3n) is 5.28. The Morgan fingerprint density at radius 1 is 0.935 bits per heavy atom. The minimum Gasteiger partial charge on any atom is -0.458 e. The molecule has 0 radical (unpaired) electrons. The highest BCUT2D eigenvalue weighted by Gasteiger charge is 2.42. The lowest BCUT2D eigenvalue weighted by atomic mass is 9.86. The van der Waals surface area contributed by atoms with Crippen molar-refractivity contribution in [1.29, 1.82) is 0 Å². The quantitative estimate of drug-likeness (QED) is 0.309. The third kappa shape index (κ3) is 7.21. The van der Waals surface area contributed by atoms with E-state index in [0.717, 1.165) is 16.7 Å². The summed E-state index contributed by atoms with van der Waals surface area (Å²) in [5, 5.41) is 10.9. The standard InChI is InChI=1S/C24H32O7/c1-13-7-19(29-17(5)25)9-14(2)11-21(27)23-16(4)24(28)31-22(23)12-15(3)10-20(8-13)30-18(6)26/h8-9,12,19-23,27H,4,7,10-11H2,1-3,5-6H3/b13-8+,14-9+,15-12+/t19-,20+,21-,22-,23-/m0/s1. The fourth-order valence-electron chi connectivity index (χ4n) is 4.10. The summed E-state index contributed by atoms with van der Waals surface area (Å²) in [6.45, 7) is 12.1. The summed E-state index contributed by atoms with van der Waals surface area (Å²) < 4.78 is 16.3. The number of carbonyl (C=O) groups excluding carboxylic acids is 3. The molecule has 7 nitrogen and oxygen atoms in total. The molecule has 5 atom stereocenters. The predicted molar refractivity (Wildman–Crippen MR) is 115 cm³/mol. The number of fused-ring (bicyclic) bond motifs is 1. The number of esters is 3. The normalized spacial score (nSPS) is 35.2. The van der Waals surface area contributed by atoms with E-state index < -0.39 is 48.2 Å². The topological polar surface area (TPSA) is 99.1 Å². The van der Waals surface area contributed by atoms with Crippen molar-refractivity contribution in [2.75, 3.05) is 0 Å². The van der Waals surface area contributed by atoms with Crippen LogP contribution in [0.2, 0.25) is 0 Å². The molecule has 1 aliphatic heterocycles. The first-order chi connectivity index (χ1) is 14.5. The van der Waals surface area contributed by atoms with Gasteiger partial charge >= 0.3 is 17.9 Å². The van der Waals surface area contributed by atoms with Gasteiger partial charge in [-0.3, -0.25) is 9.59 Å². The number of rotatable bonds is 2. The van der Waals surface area contributed by atoms with E-state index in [1.165, 1.54) is 13.8 Å². The molecule has 7 heteroatoms. The van der Waals surface area contributed by atoms with Crippen LogP contribution in [0.1, 0.15) is 53.9 Å². The predicted octanol–water partition coefficient (Wildman–Crippen LogP) is 3.33. The lowest BCUT2D eigenvalue weighted by Gasteiger charge is -2.24. The molecule has 2 rings (SSSR count). The molecule has 2 aliphatic rings. The van der Waals surface area contributed by atoms with Gasteiger partial charge in [0.1, 0.15) is 18.3 Å². The molecule has 0 saturated carbocycles. The molecule has 0 aromatic rings. The molecule has 1 fully saturated rings. The van der Waals surface area contributed by atoms with E-state index in [1.54, 1.807) is 12.2 Å². The zero-order valence-electron chi connectivity index (χ0n) is 18.8. The van der Waals surface area contributed by atoms with E-state index in [9.17, 15) is 19.5 Å². The average Bonchev–Trinajstić information content (AvgIpc) is 2.85. The van der Waals surface area contributed by atoms with Gasteiger partial charge in [-0.1, -0.05) is 23.3 Å². The van der Waals surface area contributed by atoms with Crippen LogP contribution in [0.3, 0.4) is 0 Å². The van der Waals surface area contributed by atoms with Crippen molar-refractivity contribution in [3.8, 4) is 0 Å². The van der Waals surface area contributed by atoms with Gasteiger partial charge in [0.15, 0.2) is 0 Å². The summed E-state index contributed by atoms with van der Waals surface area (Å²) >= 11 is 0. The Bertz CT molecular complexity index is 833. The third-order valence-corrected chi connectivity index (χ3v) is 5.28. The molecule has 1 N–H and O–H groups in total. The van der Waals surface area contributed by atoms with Crippen LogP contribution in [-0.2, 0) is 28.6 Å². The second-order valence-corrected chi connectivity index (χ2v) is 8.44. The fourth-order valence-corrected chi connectivity index (χ4v) is 4.10. The Morgan fingerprint density at radius 3 is 1.87 bits per heavy atom. The van der Waals surface area contributed by atoms with Gasteiger partial charge in [0.25, 0.3) is 0 Å². The first-order valence-electron chi connectivity index (χ1n) is 10.4. The van der Waals surface area contributed by atoms with Crippen LogP contribution in [0.4, 0.5) is 0 Å². The minimum absolute atomic E-state index is 0.227. The molecule has 0 spiro atoms. The van der Waals surface area contributed by atoms with Crippen molar-refractivity contribution in [1.82, 2.24) is 0 Å². The highest BCUT2D eigenvalue weighted by molar-refractivity contribution is 5.91. The largest absolute Gasteiger partial charge is 0.458 e. The van der Waals surface area contributed by atoms with Gasteiger partial charge < -0.3 is 19.3 Å². The second-order valence-electron chi connectivity index (χ2n) is 8.44. The van der Waals surface area contributed by atoms with Crippen molar-refractivity contribution in [3.05, 3.63) is 47.1 Å². The summed E-state index contributed by atoms with van der Waals surface area (Å²) in [5.41, 5.74) is 2.78. The van der Waals surface area contributed by atoms with Crippen molar-refractivity contribution < 1.29 is 33.7 Å². The molecule has 1 saturated heterocycles. The molecular formula is C24H32O7. The summed E-state index contributed by atoms with van der Waals surface area (Å²) in [4.78, 5) is 35.3. The molecule has 1 aliphatic carbocycles. The van der Waals surface area contributed by atoms with Crippen molar-refractivity contribution in [2.45, 2.75) is 78.3 Å². The molecule has 0 aromatic carbocycles. The van der Waals surface area contributed by atoms with E-state index in [4.69, 9.17) is 14.2 Å². The summed E-state index contributed by atoms with van der Waals surface area (Å²) in [5.74, 6) is -1.95. The Balaban J connectivity index is 2.48. The lowest BCUT2D eigenvalue weighted by Crippen LogP contribution is -2.29. The molecule has 0 bridgehead atoms. The number of aliphatic hydroxyl groups is 1. The molecule has 31 heavy (non-hydrogen) atoms. The van der Waals surface area contributed by atoms with Crippen LogP contribution in [-0.4, -0.2) is 47.4 Å². The van der Waals surface area contributed by atoms with Crippen molar-refractivity contribution in [2.24, 2.45) is 5.92 Å². The first kappa shape index (κ1) is 24.6. The van der Waals surface area contributed by atoms with Crippen LogP contribution in [0, 0.1) is 5.92 Å². The van der Waals surface area contributed by atoms with Gasteiger partial charge in [-0.2, -0.15) is 0 Å². The Labute approximate surface area is 183 Å². The molecule has 170 valence electrons. The van der Waals surface area contributed by atoms with Gasteiger partial charge in [0.05, 0.1) is 12.0 Å². The first-order valence-corrected chi connectivity index (χ1v) is 10.4. The van der Waals surface area contributed by atoms with Crippen LogP contribution >= 0.6 is 0 Å². The van der Waals surface area contributed by atoms with E-state index in [0.29, 0.717) is 12.8 Å². The summed E-state index contributed by atoms with van der Waals surface area (Å²) in [6.07, 6.45) is 3.92. The van der Waals surface area contributed by atoms with Crippen LogP contribution < -0.4 is 0 Å². The maximum Gasteiger partial charge on any atom is 0.334 e. The Morgan fingerprint density at radius 2 is 1.39 bits per heavy atom. The number of ether oxygens (including phenoxy) is 3. The molecule has 1 heterocycles. The summed E-state index contributed by atoms with van der Waals surface area (Å²) in [6, 6.07) is 0. The zero-order valence-corrected chi connectivity index (χ0v) is 18.8. The van der Waals surface area contributed by atoms with E-state index >= 15 is 0 Å². The monoisotopic (exact) mass is 432 g/mol. The van der Waals surface area contributed by atoms with Crippen LogP contribution in [0.25, 0.3) is 0 Å². The van der Waals surface area contributed by atoms with Gasteiger partial charge in [-0.15, -0.1) is 0 Å². The number of aliphatic hydroxyl groups excluding tert-OH is 1. The van der Waals surface area contributed by atoms with Crippen LogP contribution in [0.15, 0.2) is 47.1 Å². The fraction of sp³-hybridized carbons (Fsp3) is 0.542. The smallest absolute Gasteiger partial charge is 0.334 e. The van der Waals surface area contributed by atoms with E-state index in [-0.39, 0.29) is 12.0 Å². The number of hydrogen-bond donors (Lipinski definition) is 1.